The highest BCUT2D eigenvalue weighted by Gasteiger charge is 2.05. The molecule has 0 rings (SSSR count). The Morgan fingerprint density at radius 3 is 2.10 bits per heavy atom. The highest BCUT2D eigenvalue weighted by molar-refractivity contribution is 5.35. The Morgan fingerprint density at radius 2 is 1.60 bits per heavy atom. The van der Waals surface area contributed by atoms with E-state index in [0.29, 0.717) is 5.92 Å². The van der Waals surface area contributed by atoms with Crippen molar-refractivity contribution in [2.24, 2.45) is 11.8 Å². The van der Waals surface area contributed by atoms with Crippen LogP contribution in [0.2, 0.25) is 0 Å². The van der Waals surface area contributed by atoms with Crippen LogP contribution in [0.1, 0.15) is 67.7 Å². The van der Waals surface area contributed by atoms with Crippen LogP contribution >= 0.6 is 0 Å². The van der Waals surface area contributed by atoms with Crippen LogP contribution in [-0.2, 0) is 0 Å². The quantitative estimate of drug-likeness (QED) is 0.424. The molecular formula is C20H34. The maximum Gasteiger partial charge on any atom is -0.0231 e. The summed E-state index contributed by atoms with van der Waals surface area (Å²) in [7, 11) is 0. The lowest BCUT2D eigenvalue weighted by molar-refractivity contribution is 0.489. The van der Waals surface area contributed by atoms with Gasteiger partial charge in [-0.3, -0.25) is 0 Å². The molecule has 0 radical (unpaired) electrons. The molecule has 0 saturated heterocycles. The predicted molar refractivity (Wildman–Crippen MR) is 93.9 cm³/mol. The summed E-state index contributed by atoms with van der Waals surface area (Å²) < 4.78 is 0. The number of hydrogen-bond donors (Lipinski definition) is 0. The van der Waals surface area contributed by atoms with Gasteiger partial charge in [-0.25, -0.2) is 0 Å². The van der Waals surface area contributed by atoms with Gasteiger partial charge in [0, 0.05) is 0 Å². The third-order valence-corrected chi connectivity index (χ3v) is 3.93. The molecular weight excluding hydrogens is 240 g/mol. The summed E-state index contributed by atoms with van der Waals surface area (Å²) in [6, 6.07) is 0. The lowest BCUT2D eigenvalue weighted by atomic mass is 9.93. The van der Waals surface area contributed by atoms with E-state index in [9.17, 15) is 0 Å². The third-order valence-electron chi connectivity index (χ3n) is 3.93. The standard InChI is InChI=1S/C20H34/c1-8-10-11-20(9-2)19(7)15-14-18(6)17(5)13-12-16(3)4/h8,10-11,14-17H,9,12-13H2,1-7H3/b10-8-,18-14+,19-15+,20-11+. The van der Waals surface area contributed by atoms with Gasteiger partial charge in [0.05, 0.1) is 0 Å². The molecule has 0 heteroatoms. The molecule has 0 fully saturated rings. The van der Waals surface area contributed by atoms with Crippen molar-refractivity contribution in [3.8, 4) is 0 Å². The molecule has 0 spiro atoms. The number of rotatable bonds is 8. The minimum atomic E-state index is 0.686. The Morgan fingerprint density at radius 1 is 0.950 bits per heavy atom. The van der Waals surface area contributed by atoms with Crippen LogP contribution < -0.4 is 0 Å². The molecule has 0 aromatic carbocycles. The molecule has 0 bridgehead atoms. The summed E-state index contributed by atoms with van der Waals surface area (Å²) in [5.74, 6) is 1.49. The van der Waals surface area contributed by atoms with Gasteiger partial charge in [-0.2, -0.15) is 0 Å². The predicted octanol–water partition coefficient (Wildman–Crippen LogP) is 6.86. The Bertz CT molecular complexity index is 375. The Balaban J connectivity index is 4.74. The monoisotopic (exact) mass is 274 g/mol. The highest BCUT2D eigenvalue weighted by atomic mass is 14.1. The van der Waals surface area contributed by atoms with Gasteiger partial charge in [-0.05, 0) is 56.6 Å². The zero-order valence-corrected chi connectivity index (χ0v) is 14.7. The maximum absolute atomic E-state index is 2.34. The van der Waals surface area contributed by atoms with Gasteiger partial charge in [0.1, 0.15) is 0 Å². The van der Waals surface area contributed by atoms with Crippen molar-refractivity contribution in [2.45, 2.75) is 67.7 Å². The van der Waals surface area contributed by atoms with E-state index in [4.69, 9.17) is 0 Å². The summed E-state index contributed by atoms with van der Waals surface area (Å²) in [6.07, 6.45) is 14.7. The zero-order chi connectivity index (χ0) is 15.5. The van der Waals surface area contributed by atoms with Crippen LogP contribution in [0.15, 0.2) is 47.1 Å². The molecule has 0 nitrogen and oxygen atoms in total. The fourth-order valence-corrected chi connectivity index (χ4v) is 2.08. The third kappa shape index (κ3) is 8.19. The van der Waals surface area contributed by atoms with Crippen LogP contribution in [0.4, 0.5) is 0 Å². The molecule has 1 unspecified atom stereocenters. The number of hydrogen-bond acceptors (Lipinski definition) is 0. The maximum atomic E-state index is 2.34. The van der Waals surface area contributed by atoms with Gasteiger partial charge in [0.25, 0.3) is 0 Å². The minimum absolute atomic E-state index is 0.686. The lowest BCUT2D eigenvalue weighted by Crippen LogP contribution is -1.99. The van der Waals surface area contributed by atoms with Gasteiger partial charge in [0.15, 0.2) is 0 Å². The van der Waals surface area contributed by atoms with Crippen LogP contribution in [0.25, 0.3) is 0 Å². The largest absolute Gasteiger partial charge is 0.0877 e. The van der Waals surface area contributed by atoms with Gasteiger partial charge in [-0.15, -0.1) is 0 Å². The molecule has 0 saturated carbocycles. The van der Waals surface area contributed by atoms with Gasteiger partial charge in [0.2, 0.25) is 0 Å². The van der Waals surface area contributed by atoms with E-state index in [-0.39, 0.29) is 0 Å². The smallest absolute Gasteiger partial charge is 0.0231 e. The van der Waals surface area contributed by atoms with E-state index in [0.717, 1.165) is 12.3 Å². The van der Waals surface area contributed by atoms with E-state index in [2.05, 4.69) is 78.8 Å². The van der Waals surface area contributed by atoms with Crippen molar-refractivity contribution >= 4 is 0 Å². The average molecular weight is 274 g/mol. The fourth-order valence-electron chi connectivity index (χ4n) is 2.08. The molecule has 0 amide bonds. The first kappa shape index (κ1) is 19.0. The molecule has 0 heterocycles. The second-order valence-corrected chi connectivity index (χ2v) is 6.20. The first-order valence-electron chi connectivity index (χ1n) is 8.09. The van der Waals surface area contributed by atoms with Crippen molar-refractivity contribution in [3.05, 3.63) is 47.1 Å². The Kier molecular flexibility index (Phi) is 10.2. The minimum Gasteiger partial charge on any atom is -0.0877 e. The summed E-state index contributed by atoms with van der Waals surface area (Å²) in [4.78, 5) is 0. The second-order valence-electron chi connectivity index (χ2n) is 6.20. The Labute approximate surface area is 127 Å². The fraction of sp³-hybridized carbons (Fsp3) is 0.600. The molecule has 0 aliphatic rings. The molecule has 114 valence electrons. The molecule has 0 aromatic rings. The van der Waals surface area contributed by atoms with E-state index in [1.54, 1.807) is 0 Å². The zero-order valence-electron chi connectivity index (χ0n) is 14.7. The Hall–Kier alpha value is -1.04. The molecule has 20 heavy (non-hydrogen) atoms. The number of allylic oxidation sites excluding steroid dienone is 8. The van der Waals surface area contributed by atoms with Crippen LogP contribution in [0.5, 0.6) is 0 Å². The molecule has 0 N–H and O–H groups in total. The van der Waals surface area contributed by atoms with Crippen molar-refractivity contribution in [3.63, 3.8) is 0 Å². The van der Waals surface area contributed by atoms with E-state index >= 15 is 0 Å². The first-order valence-corrected chi connectivity index (χ1v) is 8.09. The molecule has 0 aliphatic carbocycles. The van der Waals surface area contributed by atoms with E-state index in [1.165, 1.54) is 29.6 Å². The van der Waals surface area contributed by atoms with Gasteiger partial charge in [-0.1, -0.05) is 70.1 Å². The normalized spacial score (nSPS) is 16.3. The second kappa shape index (κ2) is 10.7. The molecule has 0 aromatic heterocycles. The highest BCUT2D eigenvalue weighted by Crippen LogP contribution is 2.20. The summed E-state index contributed by atoms with van der Waals surface area (Å²) in [5.41, 5.74) is 4.29. The van der Waals surface area contributed by atoms with Crippen LogP contribution in [0.3, 0.4) is 0 Å². The molecule has 1 atom stereocenters. The van der Waals surface area contributed by atoms with Crippen molar-refractivity contribution in [1.29, 1.82) is 0 Å². The SMILES string of the molecule is C\C=C/C=C(CC)/C(C)=C/C=C(\C)C(C)CCC(C)C. The average Bonchev–Trinajstić information content (AvgIpc) is 2.42. The molecule has 0 aliphatic heterocycles. The van der Waals surface area contributed by atoms with E-state index < -0.39 is 0 Å². The summed E-state index contributed by atoms with van der Waals surface area (Å²) in [5, 5.41) is 0. The van der Waals surface area contributed by atoms with Crippen LogP contribution in [-0.4, -0.2) is 0 Å². The van der Waals surface area contributed by atoms with E-state index in [1.807, 2.05) is 0 Å². The van der Waals surface area contributed by atoms with Gasteiger partial charge < -0.3 is 0 Å². The summed E-state index contributed by atoms with van der Waals surface area (Å²) in [6.45, 7) is 15.7. The van der Waals surface area contributed by atoms with Crippen molar-refractivity contribution in [2.75, 3.05) is 0 Å². The summed E-state index contributed by atoms with van der Waals surface area (Å²) >= 11 is 0. The van der Waals surface area contributed by atoms with Gasteiger partial charge >= 0.3 is 0 Å². The van der Waals surface area contributed by atoms with Crippen molar-refractivity contribution < 1.29 is 0 Å². The first-order chi connectivity index (χ1) is 9.42. The topological polar surface area (TPSA) is 0 Å². The lowest BCUT2D eigenvalue weighted by Gasteiger charge is -2.13. The van der Waals surface area contributed by atoms with Crippen molar-refractivity contribution in [1.82, 2.24) is 0 Å². The van der Waals surface area contributed by atoms with Crippen LogP contribution in [0, 0.1) is 11.8 Å².